The van der Waals surface area contributed by atoms with E-state index in [1.165, 1.54) is 31.4 Å². The molecule has 172 valence electrons. The van der Waals surface area contributed by atoms with E-state index in [-0.39, 0.29) is 33.7 Å². The second-order valence-corrected chi connectivity index (χ2v) is 7.98. The van der Waals surface area contributed by atoms with Crippen molar-refractivity contribution in [3.63, 3.8) is 0 Å². The summed E-state index contributed by atoms with van der Waals surface area (Å²) in [5.74, 6) is -0.786. The molecule has 0 atom stereocenters. The number of carbonyl (C=O) groups is 2. The second kappa shape index (κ2) is 9.49. The summed E-state index contributed by atoms with van der Waals surface area (Å²) in [5.41, 5.74) is 3.13. The Morgan fingerprint density at radius 2 is 1.94 bits per heavy atom. The number of benzene rings is 2. The molecule has 1 N–H and O–H groups in total. The number of carbonyl (C=O) groups excluding carboxylic acids is 2. The van der Waals surface area contributed by atoms with E-state index < -0.39 is 16.7 Å². The van der Waals surface area contributed by atoms with E-state index in [1.54, 1.807) is 30.3 Å². The van der Waals surface area contributed by atoms with Crippen LogP contribution in [0.4, 0.5) is 11.4 Å². The lowest BCUT2D eigenvalue weighted by atomic mass is 10.1. The van der Waals surface area contributed by atoms with Crippen LogP contribution in [0.25, 0.3) is 6.08 Å². The van der Waals surface area contributed by atoms with Crippen molar-refractivity contribution >= 4 is 56.8 Å². The average molecular weight is 546 g/mol. The summed E-state index contributed by atoms with van der Waals surface area (Å²) in [7, 11) is 1.39. The summed E-state index contributed by atoms with van der Waals surface area (Å²) in [4.78, 5) is 39.5. The molecule has 0 saturated carbocycles. The van der Waals surface area contributed by atoms with Crippen LogP contribution in [0.2, 0.25) is 5.02 Å². The minimum absolute atomic E-state index is 0.0488. The minimum atomic E-state index is -0.581. The Bertz CT molecular complexity index is 1330. The Morgan fingerprint density at radius 1 is 1.21 bits per heavy atom. The molecule has 2 amide bonds. The summed E-state index contributed by atoms with van der Waals surface area (Å²) in [6.07, 6.45) is 2.43. The number of hydrazine groups is 1. The Balaban J connectivity index is 1.68. The lowest BCUT2D eigenvalue weighted by molar-refractivity contribution is -0.385. The Hall–Kier alpha value is -3.96. The topological polar surface area (TPSA) is 124 Å². The molecule has 1 saturated heterocycles. The molecule has 3 aromatic rings. The molecule has 0 aliphatic carbocycles. The van der Waals surface area contributed by atoms with Gasteiger partial charge in [-0.05, 0) is 45.8 Å². The Morgan fingerprint density at radius 3 is 2.56 bits per heavy atom. The van der Waals surface area contributed by atoms with Crippen molar-refractivity contribution in [2.24, 2.45) is 0 Å². The lowest BCUT2D eigenvalue weighted by Gasteiger charge is -2.15. The van der Waals surface area contributed by atoms with E-state index in [9.17, 15) is 19.7 Å². The smallest absolute Gasteiger partial charge is 0.287 e. The average Bonchev–Trinajstić information content (AvgIpc) is 3.12. The van der Waals surface area contributed by atoms with E-state index in [0.717, 1.165) is 11.2 Å². The van der Waals surface area contributed by atoms with Crippen LogP contribution in [-0.2, 0) is 9.59 Å². The van der Waals surface area contributed by atoms with Gasteiger partial charge >= 0.3 is 0 Å². The molecule has 12 heteroatoms. The van der Waals surface area contributed by atoms with Crippen molar-refractivity contribution < 1.29 is 24.0 Å². The molecule has 1 aromatic heterocycles. The van der Waals surface area contributed by atoms with Crippen molar-refractivity contribution in [1.29, 1.82) is 0 Å². The summed E-state index contributed by atoms with van der Waals surface area (Å²) in [6.45, 7) is 0. The maximum Gasteiger partial charge on any atom is 0.287 e. The number of ether oxygens (including phenoxy) is 2. The van der Waals surface area contributed by atoms with Gasteiger partial charge in [0.25, 0.3) is 17.5 Å². The van der Waals surface area contributed by atoms with Gasteiger partial charge in [-0.3, -0.25) is 25.1 Å². The highest BCUT2D eigenvalue weighted by atomic mass is 79.9. The SMILES string of the molecule is COc1cc(/C=C2/C(=O)NN(c3ccccc3)C2=O)c(Br)c(Cl)c1Oc1ccc([N+](=O)[O-])cn1. The highest BCUT2D eigenvalue weighted by Gasteiger charge is 2.34. The number of anilines is 1. The van der Waals surface area contributed by atoms with Gasteiger partial charge < -0.3 is 9.47 Å². The highest BCUT2D eigenvalue weighted by Crippen LogP contribution is 2.45. The number of pyridine rings is 1. The standard InChI is InChI=1S/C22H14BrClN4O6/c1-33-16-10-12(9-15-21(29)26-27(22(15)30)13-5-3-2-4-6-13)18(23)19(24)20(16)34-17-8-7-14(11-25-17)28(31)32/h2-11H,1H3,(H,26,29)/b15-9-. The van der Waals surface area contributed by atoms with Gasteiger partial charge in [0.05, 0.1) is 17.7 Å². The van der Waals surface area contributed by atoms with Crippen LogP contribution in [0.15, 0.2) is 64.8 Å². The maximum atomic E-state index is 12.9. The minimum Gasteiger partial charge on any atom is -0.493 e. The van der Waals surface area contributed by atoms with E-state index >= 15 is 0 Å². The van der Waals surface area contributed by atoms with Crippen LogP contribution >= 0.6 is 27.5 Å². The molecule has 0 spiro atoms. The van der Waals surface area contributed by atoms with E-state index in [4.69, 9.17) is 21.1 Å². The summed E-state index contributed by atoms with van der Waals surface area (Å²) >= 11 is 9.85. The van der Waals surface area contributed by atoms with Crippen molar-refractivity contribution in [2.45, 2.75) is 0 Å². The van der Waals surface area contributed by atoms with Crippen LogP contribution < -0.4 is 19.9 Å². The molecule has 2 heterocycles. The highest BCUT2D eigenvalue weighted by molar-refractivity contribution is 9.10. The zero-order valence-corrected chi connectivity index (χ0v) is 19.7. The van der Waals surface area contributed by atoms with Crippen LogP contribution in [0.5, 0.6) is 17.4 Å². The van der Waals surface area contributed by atoms with Crippen molar-refractivity contribution in [3.05, 3.63) is 85.5 Å². The fraction of sp³-hybridized carbons (Fsp3) is 0.0455. The lowest BCUT2D eigenvalue weighted by Crippen LogP contribution is -2.35. The summed E-state index contributed by atoms with van der Waals surface area (Å²) in [5, 5.41) is 12.0. The number of hydrogen-bond donors (Lipinski definition) is 1. The summed E-state index contributed by atoms with van der Waals surface area (Å²) in [6, 6.07) is 12.7. The van der Waals surface area contributed by atoms with Gasteiger partial charge in [0.15, 0.2) is 11.5 Å². The zero-order valence-electron chi connectivity index (χ0n) is 17.3. The quantitative estimate of drug-likeness (QED) is 0.207. The molecule has 4 rings (SSSR count). The van der Waals surface area contributed by atoms with Crippen LogP contribution in [0.3, 0.4) is 0 Å². The van der Waals surface area contributed by atoms with Gasteiger partial charge in [-0.25, -0.2) is 9.99 Å². The zero-order chi connectivity index (χ0) is 24.4. The predicted octanol–water partition coefficient (Wildman–Crippen LogP) is 4.67. The normalized spacial score (nSPS) is 14.3. The number of halogens is 2. The maximum absolute atomic E-state index is 12.9. The molecule has 0 radical (unpaired) electrons. The third kappa shape index (κ3) is 4.43. The molecule has 10 nitrogen and oxygen atoms in total. The first-order chi connectivity index (χ1) is 16.3. The van der Waals surface area contributed by atoms with Crippen LogP contribution in [0.1, 0.15) is 5.56 Å². The molecule has 1 aliphatic rings. The fourth-order valence-corrected chi connectivity index (χ4v) is 3.72. The van der Waals surface area contributed by atoms with Gasteiger partial charge in [-0.1, -0.05) is 29.8 Å². The molecule has 1 aliphatic heterocycles. The van der Waals surface area contributed by atoms with Gasteiger partial charge in [0, 0.05) is 16.6 Å². The van der Waals surface area contributed by atoms with Crippen LogP contribution in [0, 0.1) is 10.1 Å². The number of methoxy groups -OCH3 is 1. The molecule has 34 heavy (non-hydrogen) atoms. The van der Waals surface area contributed by atoms with Gasteiger partial charge in [0.1, 0.15) is 16.8 Å². The third-order valence-corrected chi connectivity index (χ3v) is 6.16. The molecule has 0 bridgehead atoms. The van der Waals surface area contributed by atoms with Crippen molar-refractivity contribution in [2.75, 3.05) is 12.1 Å². The first kappa shape index (κ1) is 23.2. The van der Waals surface area contributed by atoms with E-state index in [2.05, 4.69) is 26.3 Å². The molecular weight excluding hydrogens is 532 g/mol. The van der Waals surface area contributed by atoms with Crippen molar-refractivity contribution in [3.8, 4) is 17.4 Å². The number of aromatic nitrogens is 1. The molecule has 1 fully saturated rings. The Labute approximate surface area is 206 Å². The number of nitrogens with one attached hydrogen (secondary N) is 1. The number of para-hydroxylation sites is 1. The van der Waals surface area contributed by atoms with Gasteiger partial charge in [-0.2, -0.15) is 0 Å². The number of rotatable bonds is 6. The number of nitro groups is 1. The number of nitrogens with zero attached hydrogens (tertiary/aromatic N) is 3. The first-order valence-corrected chi connectivity index (χ1v) is 10.7. The second-order valence-electron chi connectivity index (χ2n) is 6.81. The Kier molecular flexibility index (Phi) is 6.48. The molecule has 2 aromatic carbocycles. The largest absolute Gasteiger partial charge is 0.493 e. The van der Waals surface area contributed by atoms with E-state index in [1.807, 2.05) is 0 Å². The fourth-order valence-electron chi connectivity index (χ4n) is 3.07. The van der Waals surface area contributed by atoms with Crippen molar-refractivity contribution in [1.82, 2.24) is 10.4 Å². The number of amides is 2. The monoisotopic (exact) mass is 544 g/mol. The number of hydrogen-bond acceptors (Lipinski definition) is 7. The van der Waals surface area contributed by atoms with Gasteiger partial charge in [-0.15, -0.1) is 0 Å². The molecular formula is C22H14BrClN4O6. The first-order valence-electron chi connectivity index (χ1n) is 9.56. The van der Waals surface area contributed by atoms with Gasteiger partial charge in [0.2, 0.25) is 5.88 Å². The summed E-state index contributed by atoms with van der Waals surface area (Å²) < 4.78 is 11.4. The third-order valence-electron chi connectivity index (χ3n) is 4.72. The molecule has 0 unspecified atom stereocenters. The van der Waals surface area contributed by atoms with E-state index in [0.29, 0.717) is 15.7 Å². The predicted molar refractivity (Wildman–Crippen MR) is 127 cm³/mol. The van der Waals surface area contributed by atoms with Crippen LogP contribution in [-0.4, -0.2) is 28.8 Å².